The van der Waals surface area contributed by atoms with Crippen LogP contribution < -0.4 is 9.80 Å². The van der Waals surface area contributed by atoms with Crippen molar-refractivity contribution in [2.75, 3.05) is 16.5 Å². The molecule has 5 heteroatoms. The Kier molecular flexibility index (Phi) is 8.30. The molecular formula is C43H44N4O. The first-order chi connectivity index (χ1) is 23.2. The number of nitrogens with zero attached hydrogens (tertiary/aromatic N) is 4. The zero-order valence-corrected chi connectivity index (χ0v) is 28.7. The maximum Gasteiger partial charge on any atom is 0.148 e. The number of rotatable bonds is 8. The molecular weight excluding hydrogens is 589 g/mol. The molecule has 0 bridgehead atoms. The summed E-state index contributed by atoms with van der Waals surface area (Å²) >= 11 is 0. The number of fused-ring (bicyclic) bond motifs is 1. The molecule has 1 N–H and O–H groups in total. The Hall–Kier alpha value is -5.29. The van der Waals surface area contributed by atoms with Gasteiger partial charge in [-0.05, 0) is 83.0 Å². The van der Waals surface area contributed by atoms with E-state index in [-0.39, 0.29) is 5.75 Å². The molecule has 0 spiro atoms. The molecule has 0 fully saturated rings. The summed E-state index contributed by atoms with van der Waals surface area (Å²) in [5.41, 5.74) is 12.3. The Labute approximate surface area is 284 Å². The molecule has 0 atom stereocenters. The average Bonchev–Trinajstić information content (AvgIpc) is 3.71. The lowest BCUT2D eigenvalue weighted by Crippen LogP contribution is -2.23. The number of hydrogen-bond acceptors (Lipinski definition) is 4. The van der Waals surface area contributed by atoms with E-state index >= 15 is 0 Å². The van der Waals surface area contributed by atoms with Gasteiger partial charge in [0.1, 0.15) is 18.2 Å². The van der Waals surface area contributed by atoms with Gasteiger partial charge in [-0.25, -0.2) is 4.98 Å². The smallest absolute Gasteiger partial charge is 0.148 e. The van der Waals surface area contributed by atoms with E-state index in [4.69, 9.17) is 4.98 Å². The fourth-order valence-electron chi connectivity index (χ4n) is 6.84. The van der Waals surface area contributed by atoms with Crippen molar-refractivity contribution in [1.82, 2.24) is 9.55 Å². The number of para-hydroxylation sites is 4. The zero-order valence-electron chi connectivity index (χ0n) is 28.7. The van der Waals surface area contributed by atoms with Crippen molar-refractivity contribution in [2.24, 2.45) is 0 Å². The summed E-state index contributed by atoms with van der Waals surface area (Å²) in [6, 6.07) is 40.1. The average molecular weight is 633 g/mol. The fourth-order valence-corrected chi connectivity index (χ4v) is 6.84. The van der Waals surface area contributed by atoms with Gasteiger partial charge in [0.15, 0.2) is 0 Å². The summed E-state index contributed by atoms with van der Waals surface area (Å²) in [7, 11) is 0. The Morgan fingerprint density at radius 2 is 1.19 bits per heavy atom. The standard InChI is InChI=1S/C43H44N4O/c1-28(2)32-24-36(29(3)4)42(37(25-32)30(5)6)45-26-38(44-43(45)35-19-10-13-22-41(35)48)31-15-14-18-34(23-31)47-27-46(33-16-8-7-9-17-33)39-20-11-12-21-40(39)47/h7-26,28-30,48H,27H2,1-6H3. The largest absolute Gasteiger partial charge is 0.507 e. The lowest BCUT2D eigenvalue weighted by molar-refractivity contribution is 0.477. The van der Waals surface area contributed by atoms with Crippen LogP contribution in [0.15, 0.2) is 121 Å². The summed E-state index contributed by atoms with van der Waals surface area (Å²) < 4.78 is 2.23. The van der Waals surface area contributed by atoms with Crippen LogP contribution in [0.25, 0.3) is 28.3 Å². The van der Waals surface area contributed by atoms with Crippen LogP contribution in [0.5, 0.6) is 5.75 Å². The molecule has 0 radical (unpaired) electrons. The van der Waals surface area contributed by atoms with E-state index in [9.17, 15) is 5.11 Å². The first-order valence-electron chi connectivity index (χ1n) is 17.1. The molecule has 242 valence electrons. The predicted molar refractivity (Wildman–Crippen MR) is 200 cm³/mol. The highest BCUT2D eigenvalue weighted by Crippen LogP contribution is 2.45. The summed E-state index contributed by atoms with van der Waals surface area (Å²) in [5, 5.41) is 11.1. The number of hydrogen-bond donors (Lipinski definition) is 1. The molecule has 0 aliphatic carbocycles. The number of imidazole rings is 1. The van der Waals surface area contributed by atoms with Crippen LogP contribution in [0.3, 0.4) is 0 Å². The molecule has 1 aliphatic rings. The summed E-state index contributed by atoms with van der Waals surface area (Å²) in [5.74, 6) is 1.96. The minimum Gasteiger partial charge on any atom is -0.507 e. The van der Waals surface area contributed by atoms with Crippen molar-refractivity contribution in [3.63, 3.8) is 0 Å². The summed E-state index contributed by atoms with van der Waals surface area (Å²) in [6.07, 6.45) is 2.16. The monoisotopic (exact) mass is 632 g/mol. The number of phenols is 1. The second-order valence-electron chi connectivity index (χ2n) is 13.7. The second kappa shape index (κ2) is 12.7. The van der Waals surface area contributed by atoms with E-state index < -0.39 is 0 Å². The number of aromatic hydroxyl groups is 1. The predicted octanol–water partition coefficient (Wildman–Crippen LogP) is 11.5. The quantitative estimate of drug-likeness (QED) is 0.181. The van der Waals surface area contributed by atoms with Crippen LogP contribution >= 0.6 is 0 Å². The van der Waals surface area contributed by atoms with Gasteiger partial charge in [0.2, 0.25) is 0 Å². The van der Waals surface area contributed by atoms with Crippen LogP contribution in [0.4, 0.5) is 22.7 Å². The van der Waals surface area contributed by atoms with Gasteiger partial charge >= 0.3 is 0 Å². The first-order valence-corrected chi connectivity index (χ1v) is 17.1. The van der Waals surface area contributed by atoms with Gasteiger partial charge in [-0.3, -0.25) is 4.57 Å². The molecule has 5 nitrogen and oxygen atoms in total. The van der Waals surface area contributed by atoms with Gasteiger partial charge in [-0.2, -0.15) is 0 Å². The highest BCUT2D eigenvalue weighted by atomic mass is 16.3. The Morgan fingerprint density at radius 1 is 0.604 bits per heavy atom. The highest BCUT2D eigenvalue weighted by molar-refractivity contribution is 5.87. The molecule has 1 aliphatic heterocycles. The topological polar surface area (TPSA) is 44.5 Å². The van der Waals surface area contributed by atoms with Crippen LogP contribution in [-0.4, -0.2) is 21.3 Å². The minimum atomic E-state index is 0.218. The van der Waals surface area contributed by atoms with Gasteiger partial charge in [0.25, 0.3) is 0 Å². The van der Waals surface area contributed by atoms with E-state index in [2.05, 4.69) is 153 Å². The SMILES string of the molecule is CC(C)c1cc(C(C)C)c(-n2cc(-c3cccc(N4CN(c5ccccc5)c5ccccc54)c3)nc2-c2ccccc2O)c(C(C)C)c1. The van der Waals surface area contributed by atoms with Crippen LogP contribution in [-0.2, 0) is 0 Å². The van der Waals surface area contributed by atoms with E-state index in [1.807, 2.05) is 18.2 Å². The third-order valence-corrected chi connectivity index (χ3v) is 9.46. The van der Waals surface area contributed by atoms with Crippen molar-refractivity contribution < 1.29 is 5.11 Å². The molecule has 5 aromatic carbocycles. The van der Waals surface area contributed by atoms with Crippen molar-refractivity contribution in [1.29, 1.82) is 0 Å². The summed E-state index contributed by atoms with van der Waals surface area (Å²) in [4.78, 5) is 10.0. The first kappa shape index (κ1) is 31.3. The van der Waals surface area contributed by atoms with E-state index in [0.717, 1.165) is 28.5 Å². The van der Waals surface area contributed by atoms with Crippen molar-refractivity contribution in [2.45, 2.75) is 59.3 Å². The van der Waals surface area contributed by atoms with Gasteiger partial charge in [0, 0.05) is 23.1 Å². The van der Waals surface area contributed by atoms with Crippen LogP contribution in [0, 0.1) is 0 Å². The molecule has 48 heavy (non-hydrogen) atoms. The van der Waals surface area contributed by atoms with E-state index in [1.54, 1.807) is 6.07 Å². The van der Waals surface area contributed by atoms with Crippen LogP contribution in [0.2, 0.25) is 0 Å². The third kappa shape index (κ3) is 5.64. The van der Waals surface area contributed by atoms with Gasteiger partial charge in [-0.15, -0.1) is 0 Å². The number of anilines is 4. The maximum atomic E-state index is 11.1. The highest BCUT2D eigenvalue weighted by Gasteiger charge is 2.28. The molecule has 0 unspecified atom stereocenters. The lowest BCUT2D eigenvalue weighted by Gasteiger charge is -2.24. The number of phenolic OH excluding ortho intramolecular Hbond substituents is 1. The van der Waals surface area contributed by atoms with Gasteiger partial charge in [0.05, 0.1) is 28.3 Å². The third-order valence-electron chi connectivity index (χ3n) is 9.46. The lowest BCUT2D eigenvalue weighted by atomic mass is 9.87. The molecule has 7 rings (SSSR count). The molecule has 6 aromatic rings. The fraction of sp³-hybridized carbons (Fsp3) is 0.233. The number of aromatic nitrogens is 2. The Morgan fingerprint density at radius 3 is 1.81 bits per heavy atom. The maximum absolute atomic E-state index is 11.1. The van der Waals surface area contributed by atoms with Crippen molar-refractivity contribution in [3.8, 4) is 34.1 Å². The summed E-state index contributed by atoms with van der Waals surface area (Å²) in [6.45, 7) is 14.3. The molecule has 1 aromatic heterocycles. The normalized spacial score (nSPS) is 12.9. The Bertz CT molecular complexity index is 2050. The number of benzene rings is 5. The second-order valence-corrected chi connectivity index (χ2v) is 13.7. The minimum absolute atomic E-state index is 0.218. The van der Waals surface area contributed by atoms with E-state index in [0.29, 0.717) is 30.0 Å². The van der Waals surface area contributed by atoms with E-state index in [1.165, 1.54) is 33.8 Å². The van der Waals surface area contributed by atoms with Gasteiger partial charge in [-0.1, -0.05) is 108 Å². The van der Waals surface area contributed by atoms with Gasteiger partial charge < -0.3 is 14.9 Å². The van der Waals surface area contributed by atoms with Crippen molar-refractivity contribution >= 4 is 22.7 Å². The Balaban J connectivity index is 1.39. The van der Waals surface area contributed by atoms with Crippen molar-refractivity contribution in [3.05, 3.63) is 138 Å². The zero-order chi connectivity index (χ0) is 33.5. The molecule has 0 amide bonds. The molecule has 2 heterocycles. The molecule has 0 saturated carbocycles. The van der Waals surface area contributed by atoms with Crippen LogP contribution in [0.1, 0.15) is 76.0 Å². The molecule has 0 saturated heterocycles.